The molecule has 0 heterocycles. The van der Waals surface area contributed by atoms with Crippen molar-refractivity contribution in [3.63, 3.8) is 0 Å². The van der Waals surface area contributed by atoms with Crippen molar-refractivity contribution in [2.45, 2.75) is 50.8 Å². The second kappa shape index (κ2) is 6.24. The largest absolute Gasteiger partial charge is 0.113 e. The standard InChI is InChI=1S/C18H22B2/c19-17-9-5-15(6-10-17)13-1-2-14(4-3-13)16-7-11-18(20)12-8-16/h1,5-6,9-10,14,16,18H,2-4,7-8,11-12H2. The summed E-state index contributed by atoms with van der Waals surface area (Å²) in [5.74, 6) is 2.27. The Morgan fingerprint density at radius 1 is 0.850 bits per heavy atom. The molecule has 0 spiro atoms. The van der Waals surface area contributed by atoms with Crippen molar-refractivity contribution in [3.8, 4) is 0 Å². The molecule has 0 nitrogen and oxygen atoms in total. The van der Waals surface area contributed by atoms with Gasteiger partial charge in [-0.1, -0.05) is 67.3 Å². The van der Waals surface area contributed by atoms with Crippen molar-refractivity contribution < 1.29 is 0 Å². The first-order chi connectivity index (χ1) is 9.72. The van der Waals surface area contributed by atoms with E-state index in [1.54, 1.807) is 0 Å². The van der Waals surface area contributed by atoms with E-state index < -0.39 is 0 Å². The van der Waals surface area contributed by atoms with E-state index in [9.17, 15) is 0 Å². The molecular formula is C18H22B2. The summed E-state index contributed by atoms with van der Waals surface area (Å²) >= 11 is 0. The lowest BCUT2D eigenvalue weighted by atomic mass is 9.66. The number of rotatable bonds is 2. The van der Waals surface area contributed by atoms with E-state index in [-0.39, 0.29) is 0 Å². The molecule has 0 N–H and O–H groups in total. The molecule has 1 fully saturated rings. The maximum Gasteiger partial charge on any atom is 0.113 e. The van der Waals surface area contributed by atoms with Gasteiger partial charge < -0.3 is 0 Å². The molecule has 2 aliphatic carbocycles. The lowest BCUT2D eigenvalue weighted by molar-refractivity contribution is 0.236. The van der Waals surface area contributed by atoms with Crippen LogP contribution in [0.2, 0.25) is 5.82 Å². The summed E-state index contributed by atoms with van der Waals surface area (Å²) in [4.78, 5) is 0. The van der Waals surface area contributed by atoms with Crippen LogP contribution in [0.15, 0.2) is 30.3 Å². The Balaban J connectivity index is 1.61. The Bertz CT molecular complexity index is 467. The van der Waals surface area contributed by atoms with Crippen LogP contribution in [-0.4, -0.2) is 15.7 Å². The Morgan fingerprint density at radius 2 is 1.55 bits per heavy atom. The molecular weight excluding hydrogens is 238 g/mol. The van der Waals surface area contributed by atoms with Crippen molar-refractivity contribution in [3.05, 3.63) is 35.9 Å². The van der Waals surface area contributed by atoms with Crippen molar-refractivity contribution in [2.75, 3.05) is 0 Å². The second-order valence-electron chi connectivity index (χ2n) is 6.56. The van der Waals surface area contributed by atoms with Gasteiger partial charge in [-0.25, -0.2) is 0 Å². The summed E-state index contributed by atoms with van der Waals surface area (Å²) in [5, 5.41) is 0. The second-order valence-corrected chi connectivity index (χ2v) is 6.56. The molecule has 1 atom stereocenters. The quantitative estimate of drug-likeness (QED) is 0.709. The molecule has 100 valence electrons. The molecule has 0 aliphatic heterocycles. The minimum Gasteiger partial charge on any atom is -0.0966 e. The zero-order valence-electron chi connectivity index (χ0n) is 12.2. The molecule has 4 radical (unpaired) electrons. The van der Waals surface area contributed by atoms with E-state index in [2.05, 4.69) is 18.2 Å². The number of hydrogen-bond acceptors (Lipinski definition) is 0. The van der Waals surface area contributed by atoms with Crippen molar-refractivity contribution in [2.24, 2.45) is 11.8 Å². The molecule has 0 bridgehead atoms. The molecule has 1 aromatic rings. The predicted octanol–water partition coefficient (Wildman–Crippen LogP) is 3.81. The highest BCUT2D eigenvalue weighted by Crippen LogP contribution is 2.41. The van der Waals surface area contributed by atoms with Gasteiger partial charge >= 0.3 is 0 Å². The first-order valence-electron chi connectivity index (χ1n) is 8.03. The van der Waals surface area contributed by atoms with Gasteiger partial charge in [-0.15, -0.1) is 0 Å². The molecule has 2 aliphatic rings. The lowest BCUT2D eigenvalue weighted by Gasteiger charge is -2.34. The molecule has 20 heavy (non-hydrogen) atoms. The zero-order valence-corrected chi connectivity index (χ0v) is 12.2. The summed E-state index contributed by atoms with van der Waals surface area (Å²) < 4.78 is 0. The minimum absolute atomic E-state index is 0.468. The fraction of sp³-hybridized carbons (Fsp3) is 0.556. The first-order valence-corrected chi connectivity index (χ1v) is 8.03. The average molecular weight is 260 g/mol. The van der Waals surface area contributed by atoms with E-state index >= 15 is 0 Å². The Kier molecular flexibility index (Phi) is 4.38. The van der Waals surface area contributed by atoms with Gasteiger partial charge in [0.05, 0.1) is 7.85 Å². The molecule has 0 aromatic heterocycles. The molecule has 2 heteroatoms. The third kappa shape index (κ3) is 3.22. The molecule has 3 rings (SSSR count). The number of allylic oxidation sites excluding steroid dienone is 2. The Morgan fingerprint density at radius 3 is 2.15 bits per heavy atom. The third-order valence-electron chi connectivity index (χ3n) is 5.22. The van der Waals surface area contributed by atoms with Gasteiger partial charge in [0.1, 0.15) is 7.85 Å². The molecule has 0 saturated heterocycles. The van der Waals surface area contributed by atoms with Crippen LogP contribution in [0.3, 0.4) is 0 Å². The highest BCUT2D eigenvalue weighted by atomic mass is 14.3. The van der Waals surface area contributed by atoms with Gasteiger partial charge in [-0.2, -0.15) is 0 Å². The highest BCUT2D eigenvalue weighted by molar-refractivity contribution is 6.32. The van der Waals surface area contributed by atoms with Crippen LogP contribution in [0.5, 0.6) is 0 Å². The predicted molar refractivity (Wildman–Crippen MR) is 88.6 cm³/mol. The monoisotopic (exact) mass is 260 g/mol. The normalized spacial score (nSPS) is 30.8. The Hall–Kier alpha value is -0.910. The van der Waals surface area contributed by atoms with E-state index in [0.717, 1.165) is 17.3 Å². The summed E-state index contributed by atoms with van der Waals surface area (Å²) in [6, 6.07) is 8.32. The maximum atomic E-state index is 6.01. The summed E-state index contributed by atoms with van der Waals surface area (Å²) in [7, 11) is 11.8. The fourth-order valence-corrected chi connectivity index (χ4v) is 3.86. The van der Waals surface area contributed by atoms with Gasteiger partial charge in [0.2, 0.25) is 0 Å². The van der Waals surface area contributed by atoms with E-state index in [1.807, 2.05) is 12.1 Å². The van der Waals surface area contributed by atoms with Gasteiger partial charge in [0, 0.05) is 0 Å². The fourth-order valence-electron chi connectivity index (χ4n) is 3.86. The highest BCUT2D eigenvalue weighted by Gasteiger charge is 2.27. The van der Waals surface area contributed by atoms with Crippen LogP contribution in [0, 0.1) is 11.8 Å². The van der Waals surface area contributed by atoms with Crippen LogP contribution in [0.4, 0.5) is 0 Å². The third-order valence-corrected chi connectivity index (χ3v) is 5.22. The van der Waals surface area contributed by atoms with Crippen LogP contribution in [-0.2, 0) is 0 Å². The average Bonchev–Trinajstić information content (AvgIpc) is 2.49. The van der Waals surface area contributed by atoms with Crippen molar-refractivity contribution >= 4 is 26.7 Å². The summed E-state index contributed by atoms with van der Waals surface area (Å²) in [6.45, 7) is 0. The first kappa shape index (κ1) is 14.0. The number of hydrogen-bond donors (Lipinski definition) is 0. The van der Waals surface area contributed by atoms with Crippen molar-refractivity contribution in [1.29, 1.82) is 0 Å². The van der Waals surface area contributed by atoms with Gasteiger partial charge in [-0.3, -0.25) is 0 Å². The number of benzene rings is 1. The Labute approximate surface area is 125 Å². The molecule has 1 aromatic carbocycles. The smallest absolute Gasteiger partial charge is 0.0966 e. The zero-order chi connectivity index (χ0) is 13.9. The topological polar surface area (TPSA) is 0 Å². The summed E-state index contributed by atoms with van der Waals surface area (Å²) in [5.41, 5.74) is 3.71. The minimum atomic E-state index is 0.468. The van der Waals surface area contributed by atoms with Crippen LogP contribution in [0.25, 0.3) is 5.57 Å². The molecule has 1 unspecified atom stereocenters. The van der Waals surface area contributed by atoms with Crippen molar-refractivity contribution in [1.82, 2.24) is 0 Å². The van der Waals surface area contributed by atoms with Gasteiger partial charge in [-0.05, 0) is 42.2 Å². The maximum absolute atomic E-state index is 6.01. The van der Waals surface area contributed by atoms with Crippen LogP contribution < -0.4 is 5.46 Å². The van der Waals surface area contributed by atoms with E-state index in [1.165, 1.54) is 56.1 Å². The molecule has 1 saturated carbocycles. The summed E-state index contributed by atoms with van der Waals surface area (Å²) in [6.07, 6.45) is 11.4. The lowest BCUT2D eigenvalue weighted by Crippen LogP contribution is -2.21. The van der Waals surface area contributed by atoms with Gasteiger partial charge in [0.15, 0.2) is 0 Å². The van der Waals surface area contributed by atoms with E-state index in [4.69, 9.17) is 15.7 Å². The van der Waals surface area contributed by atoms with Crippen LogP contribution >= 0.6 is 0 Å². The van der Waals surface area contributed by atoms with E-state index in [0.29, 0.717) is 5.82 Å². The van der Waals surface area contributed by atoms with Crippen LogP contribution in [0.1, 0.15) is 50.5 Å². The molecule has 0 amide bonds. The SMILES string of the molecule is [B]c1ccc(C2=CCC(C3CCC([B])CC3)CC2)cc1. The van der Waals surface area contributed by atoms with Gasteiger partial charge in [0.25, 0.3) is 0 Å².